The zero-order chi connectivity index (χ0) is 45.6. The molecule has 342 valence electrons. The number of hydrogen-bond donors (Lipinski definition) is 4. The second kappa shape index (κ2) is 19.7. The number of methoxy groups -OCH3 is 2. The number of likely N-dealkylation sites (tertiary alicyclic amines) is 2. The number of benzene rings is 3. The average Bonchev–Trinajstić information content (AvgIpc) is 4.15. The zero-order valence-electron chi connectivity index (χ0n) is 36.7. The molecule has 7 rings (SSSR count). The summed E-state index contributed by atoms with van der Waals surface area (Å²) in [5.41, 5.74) is 13.1. The summed E-state index contributed by atoms with van der Waals surface area (Å²) in [6.45, 7) is 1.34. The minimum Gasteiger partial charge on any atom is -0.453 e. The maximum atomic E-state index is 14.3. The van der Waals surface area contributed by atoms with Crippen molar-refractivity contribution < 1.29 is 42.6 Å². The number of halogens is 1. The number of amides is 6. The van der Waals surface area contributed by atoms with Crippen LogP contribution in [0.15, 0.2) is 72.8 Å². The molecule has 0 unspecified atom stereocenters. The van der Waals surface area contributed by atoms with Crippen molar-refractivity contribution in [3.05, 3.63) is 101 Å². The Hall–Kier alpha value is -6.19. The summed E-state index contributed by atoms with van der Waals surface area (Å²) in [6.07, 6.45) is 7.19. The Morgan fingerprint density at radius 1 is 0.625 bits per heavy atom. The maximum Gasteiger partial charge on any atom is 0.407 e. The molecule has 4 aliphatic rings. The smallest absolute Gasteiger partial charge is 0.407 e. The fraction of sp³-hybridized carbons (Fsp3) is 0.500. The normalized spacial score (nSPS) is 22.2. The van der Waals surface area contributed by atoms with Crippen molar-refractivity contribution in [1.29, 1.82) is 0 Å². The Bertz CT molecular complexity index is 2050. The van der Waals surface area contributed by atoms with Gasteiger partial charge in [0.15, 0.2) is 0 Å². The van der Waals surface area contributed by atoms with Crippen LogP contribution in [-0.4, -0.2) is 85.0 Å². The van der Waals surface area contributed by atoms with Gasteiger partial charge in [-0.05, 0) is 110 Å². The van der Waals surface area contributed by atoms with Crippen molar-refractivity contribution in [3.63, 3.8) is 0 Å². The van der Waals surface area contributed by atoms with Gasteiger partial charge in [0.1, 0.15) is 29.0 Å². The van der Waals surface area contributed by atoms with E-state index in [2.05, 4.69) is 15.5 Å². The lowest BCUT2D eigenvalue weighted by Gasteiger charge is -2.39. The number of nitrogens with zero attached hydrogens (tertiary/aromatic N) is 3. The summed E-state index contributed by atoms with van der Waals surface area (Å²) in [5, 5.41) is 5.50. The first-order valence-electron chi connectivity index (χ1n) is 22.4. The van der Waals surface area contributed by atoms with Gasteiger partial charge in [0.2, 0.25) is 23.6 Å². The molecule has 6 N–H and O–H groups in total. The second-order valence-electron chi connectivity index (χ2n) is 17.7. The standard InChI is InChI=1S/C48H60FN7O8/c1-63-45(61)52-39(33-9-3-4-10-33)41(57)55-27-7-25-47(55,43(50)59)35-17-13-31(14-18-35)29-54(38-23-21-37(49)22-24-38)30-32-15-19-36(20-16-32)48(44(51)60)26-8-28-56(48)42(58)40(53-46(62)64-2)34-11-5-6-12-34/h13-24,33-34,39-40H,3-12,25-30H2,1-2H3,(H2,50,59)(H2,51,60)(H,52,61)(H,53,62)/t39-,40-,47-,48-/m0/s1. The first-order chi connectivity index (χ1) is 30.8. The molecule has 15 nitrogen and oxygen atoms in total. The molecule has 16 heteroatoms. The van der Waals surface area contributed by atoms with Gasteiger partial charge in [0.05, 0.1) is 14.2 Å². The van der Waals surface area contributed by atoms with E-state index in [-0.39, 0.29) is 29.5 Å². The van der Waals surface area contributed by atoms with Crippen molar-refractivity contribution in [2.75, 3.05) is 32.2 Å². The summed E-state index contributed by atoms with van der Waals surface area (Å²) in [4.78, 5) is 85.6. The molecule has 2 saturated carbocycles. The number of nitrogens with one attached hydrogen (secondary N) is 2. The highest BCUT2D eigenvalue weighted by Crippen LogP contribution is 2.43. The van der Waals surface area contributed by atoms with E-state index < -0.39 is 47.2 Å². The van der Waals surface area contributed by atoms with E-state index in [0.29, 0.717) is 63.0 Å². The summed E-state index contributed by atoms with van der Waals surface area (Å²) in [7, 11) is 2.50. The van der Waals surface area contributed by atoms with E-state index in [4.69, 9.17) is 20.9 Å². The summed E-state index contributed by atoms with van der Waals surface area (Å²) in [5.74, 6) is -2.58. The largest absolute Gasteiger partial charge is 0.453 e. The van der Waals surface area contributed by atoms with Gasteiger partial charge in [-0.3, -0.25) is 19.2 Å². The van der Waals surface area contributed by atoms with Crippen LogP contribution in [0.25, 0.3) is 0 Å². The van der Waals surface area contributed by atoms with E-state index >= 15 is 0 Å². The van der Waals surface area contributed by atoms with Crippen LogP contribution >= 0.6 is 0 Å². The number of alkyl carbamates (subject to hydrolysis) is 2. The number of carbonyl (C=O) groups excluding carboxylic acids is 6. The van der Waals surface area contributed by atoms with Crippen molar-refractivity contribution in [2.24, 2.45) is 23.3 Å². The van der Waals surface area contributed by atoms with E-state index in [1.54, 1.807) is 12.1 Å². The highest BCUT2D eigenvalue weighted by Gasteiger charge is 2.54. The Kier molecular flexibility index (Phi) is 14.1. The lowest BCUT2D eigenvalue weighted by Crippen LogP contribution is -2.59. The number of ether oxygens (including phenoxy) is 2. The highest BCUT2D eigenvalue weighted by molar-refractivity contribution is 5.96. The van der Waals surface area contributed by atoms with Crippen LogP contribution in [0, 0.1) is 17.7 Å². The van der Waals surface area contributed by atoms with E-state index in [1.807, 2.05) is 48.5 Å². The van der Waals surface area contributed by atoms with Crippen LogP contribution in [0.1, 0.15) is 99.3 Å². The van der Waals surface area contributed by atoms with Gasteiger partial charge in [-0.25, -0.2) is 14.0 Å². The molecule has 4 fully saturated rings. The first-order valence-corrected chi connectivity index (χ1v) is 22.4. The van der Waals surface area contributed by atoms with Gasteiger partial charge in [0, 0.05) is 31.9 Å². The number of rotatable bonds is 15. The molecule has 2 heterocycles. The van der Waals surface area contributed by atoms with E-state index in [0.717, 1.165) is 68.2 Å². The van der Waals surface area contributed by atoms with Crippen LogP contribution in [0.2, 0.25) is 0 Å². The molecular weight excluding hydrogens is 822 g/mol. The third kappa shape index (κ3) is 9.09. The van der Waals surface area contributed by atoms with Gasteiger partial charge < -0.3 is 46.3 Å². The van der Waals surface area contributed by atoms with Gasteiger partial charge in [-0.15, -0.1) is 0 Å². The summed E-state index contributed by atoms with van der Waals surface area (Å²) >= 11 is 0. The Morgan fingerprint density at radius 2 is 1.00 bits per heavy atom. The Labute approximate surface area is 373 Å². The number of nitrogens with two attached hydrogens (primary N) is 2. The molecule has 3 aromatic carbocycles. The molecule has 6 amide bonds. The SMILES string of the molecule is COC(=O)N[C@H](C(=O)N1CCC[C@@]1(C(N)=O)c1ccc(CN(Cc2ccc([C@]3(C(N)=O)CCCN3C(=O)[C@@H](NC(=O)OC)C3CCCC3)cc2)c2ccc(F)cc2)cc1)C1CCCC1. The van der Waals surface area contributed by atoms with Crippen LogP contribution in [0.5, 0.6) is 0 Å². The van der Waals surface area contributed by atoms with Crippen molar-refractivity contribution in [1.82, 2.24) is 20.4 Å². The van der Waals surface area contributed by atoms with Crippen LogP contribution in [0.4, 0.5) is 19.7 Å². The molecule has 0 aromatic heterocycles. The van der Waals surface area contributed by atoms with Crippen molar-refractivity contribution >= 4 is 41.5 Å². The first kappa shape index (κ1) is 45.8. The quantitative estimate of drug-likeness (QED) is 0.153. The molecule has 2 saturated heterocycles. The van der Waals surface area contributed by atoms with E-state index in [9.17, 15) is 33.2 Å². The number of carbonyl (C=O) groups is 6. The summed E-state index contributed by atoms with van der Waals surface area (Å²) in [6, 6.07) is 19.3. The molecule has 64 heavy (non-hydrogen) atoms. The second-order valence-corrected chi connectivity index (χ2v) is 17.7. The number of anilines is 1. The molecule has 4 atom stereocenters. The molecule has 0 spiro atoms. The predicted octanol–water partition coefficient (Wildman–Crippen LogP) is 5.47. The third-order valence-electron chi connectivity index (χ3n) is 14.1. The lowest BCUT2D eigenvalue weighted by atomic mass is 9.84. The molecule has 2 aliphatic carbocycles. The van der Waals surface area contributed by atoms with Crippen LogP contribution < -0.4 is 27.0 Å². The maximum absolute atomic E-state index is 14.3. The van der Waals surface area contributed by atoms with Crippen molar-refractivity contribution in [3.8, 4) is 0 Å². The molecule has 3 aromatic rings. The minimum atomic E-state index is -1.42. The van der Waals surface area contributed by atoms with Crippen LogP contribution in [0.3, 0.4) is 0 Å². The lowest BCUT2D eigenvalue weighted by molar-refractivity contribution is -0.146. The van der Waals surface area contributed by atoms with Gasteiger partial charge >= 0.3 is 12.2 Å². The fourth-order valence-corrected chi connectivity index (χ4v) is 10.8. The molecule has 2 aliphatic heterocycles. The van der Waals surface area contributed by atoms with E-state index in [1.165, 1.54) is 36.2 Å². The molecular formula is C48H60FN7O8. The number of primary amides is 2. The molecule has 0 bridgehead atoms. The molecule has 0 radical (unpaired) electrons. The third-order valence-corrected chi connectivity index (χ3v) is 14.1. The van der Waals surface area contributed by atoms with Gasteiger partial charge in [-0.1, -0.05) is 74.2 Å². The minimum absolute atomic E-state index is 0.0875. The predicted molar refractivity (Wildman–Crippen MR) is 235 cm³/mol. The van der Waals surface area contributed by atoms with Gasteiger partial charge in [0.25, 0.3) is 0 Å². The summed E-state index contributed by atoms with van der Waals surface area (Å²) < 4.78 is 23.9. The number of hydrogen-bond acceptors (Lipinski definition) is 9. The monoisotopic (exact) mass is 881 g/mol. The zero-order valence-corrected chi connectivity index (χ0v) is 36.7. The Balaban J connectivity index is 1.13. The topological polar surface area (TPSA) is 207 Å². The van der Waals surface area contributed by atoms with Crippen molar-refractivity contribution in [2.45, 2.75) is 113 Å². The van der Waals surface area contributed by atoms with Crippen LogP contribution in [-0.2, 0) is 52.8 Å². The average molecular weight is 882 g/mol. The van der Waals surface area contributed by atoms with Gasteiger partial charge in [-0.2, -0.15) is 0 Å². The Morgan fingerprint density at radius 3 is 1.34 bits per heavy atom. The highest BCUT2D eigenvalue weighted by atomic mass is 19.1. The fourth-order valence-electron chi connectivity index (χ4n) is 10.8.